The molecular formula is C22H22FN7O3S. The predicted octanol–water partition coefficient (Wildman–Crippen LogP) is 3.10. The van der Waals surface area contributed by atoms with Crippen LogP contribution in [0.5, 0.6) is 11.6 Å². The normalized spacial score (nSPS) is 15.1. The van der Waals surface area contributed by atoms with Crippen molar-refractivity contribution < 1.29 is 17.5 Å². The van der Waals surface area contributed by atoms with Crippen LogP contribution >= 0.6 is 0 Å². The maximum absolute atomic E-state index is 14.5. The van der Waals surface area contributed by atoms with E-state index >= 15 is 0 Å². The summed E-state index contributed by atoms with van der Waals surface area (Å²) in [5, 5.41) is 5.05. The zero-order chi connectivity index (χ0) is 23.9. The van der Waals surface area contributed by atoms with Gasteiger partial charge in [0.15, 0.2) is 27.1 Å². The summed E-state index contributed by atoms with van der Waals surface area (Å²) in [6, 6.07) is 3.61. The van der Waals surface area contributed by atoms with Crippen molar-refractivity contribution in [1.82, 2.24) is 29.7 Å². The highest BCUT2D eigenvalue weighted by Crippen LogP contribution is 2.32. The van der Waals surface area contributed by atoms with Crippen molar-refractivity contribution in [2.45, 2.75) is 30.7 Å². The van der Waals surface area contributed by atoms with Gasteiger partial charge in [-0.1, -0.05) is 0 Å². The Labute approximate surface area is 195 Å². The zero-order valence-corrected chi connectivity index (χ0v) is 19.4. The Morgan fingerprint density at radius 1 is 1.06 bits per heavy atom. The fourth-order valence-corrected chi connectivity index (χ4v) is 4.58. The lowest BCUT2D eigenvalue weighted by molar-refractivity contribution is 0.372. The quantitative estimate of drug-likeness (QED) is 0.422. The van der Waals surface area contributed by atoms with E-state index in [2.05, 4.69) is 29.9 Å². The maximum atomic E-state index is 14.5. The number of sulfone groups is 1. The molecule has 1 aliphatic heterocycles. The lowest BCUT2D eigenvalue weighted by Gasteiger charge is -2.32. The molecule has 0 radical (unpaired) electrons. The Balaban J connectivity index is 1.36. The van der Waals surface area contributed by atoms with Gasteiger partial charge in [-0.15, -0.1) is 0 Å². The standard InChI is InChI=1S/C22H22FN7O3S/c1-14-10-24-22(25-11-14)29-7-5-15(6-8-29)30-20-17(12-28-30)21(27-13-26-20)33-19-4-3-16(9-18(19)23)34(2,31)32/h3-4,9-13,15H,5-8H2,1-2H3. The minimum atomic E-state index is -3.53. The molecule has 0 atom stereocenters. The minimum absolute atomic E-state index is 0.118. The average molecular weight is 484 g/mol. The summed E-state index contributed by atoms with van der Waals surface area (Å²) in [7, 11) is -3.53. The average Bonchev–Trinajstić information content (AvgIpc) is 3.25. The largest absolute Gasteiger partial charge is 0.435 e. The Kier molecular flexibility index (Phi) is 5.60. The molecule has 5 rings (SSSR count). The number of hydrogen-bond donors (Lipinski definition) is 0. The van der Waals surface area contributed by atoms with Crippen molar-refractivity contribution in [2.24, 2.45) is 0 Å². The number of piperidine rings is 1. The predicted molar refractivity (Wildman–Crippen MR) is 122 cm³/mol. The van der Waals surface area contributed by atoms with E-state index in [1.807, 2.05) is 24.0 Å². The molecule has 0 bridgehead atoms. The molecule has 0 N–H and O–H groups in total. The molecule has 4 aromatic rings. The molecule has 10 nitrogen and oxygen atoms in total. The molecule has 12 heteroatoms. The number of aromatic nitrogens is 6. The first-order chi connectivity index (χ1) is 16.3. The molecule has 1 aliphatic rings. The van der Waals surface area contributed by atoms with E-state index in [9.17, 15) is 12.8 Å². The van der Waals surface area contributed by atoms with Crippen molar-refractivity contribution in [3.8, 4) is 11.6 Å². The molecule has 0 amide bonds. The van der Waals surface area contributed by atoms with Gasteiger partial charge in [-0.2, -0.15) is 5.10 Å². The number of hydrogen-bond acceptors (Lipinski definition) is 9. The van der Waals surface area contributed by atoms with Crippen molar-refractivity contribution in [3.63, 3.8) is 0 Å². The molecule has 1 aromatic carbocycles. The second kappa shape index (κ2) is 8.60. The van der Waals surface area contributed by atoms with E-state index in [1.165, 1.54) is 18.5 Å². The smallest absolute Gasteiger partial charge is 0.233 e. The highest BCUT2D eigenvalue weighted by atomic mass is 32.2. The van der Waals surface area contributed by atoms with Gasteiger partial charge < -0.3 is 9.64 Å². The van der Waals surface area contributed by atoms with Gasteiger partial charge in [0.05, 0.1) is 17.1 Å². The molecular weight excluding hydrogens is 461 g/mol. The molecule has 0 unspecified atom stereocenters. The number of anilines is 1. The first-order valence-electron chi connectivity index (χ1n) is 10.7. The summed E-state index contributed by atoms with van der Waals surface area (Å²) in [5.74, 6) is -0.0663. The van der Waals surface area contributed by atoms with Crippen LogP contribution in [0.3, 0.4) is 0 Å². The zero-order valence-electron chi connectivity index (χ0n) is 18.6. The third-order valence-corrected chi connectivity index (χ3v) is 6.86. The monoisotopic (exact) mass is 483 g/mol. The van der Waals surface area contributed by atoms with Crippen molar-refractivity contribution in [2.75, 3.05) is 24.2 Å². The van der Waals surface area contributed by atoms with Crippen LogP contribution < -0.4 is 9.64 Å². The molecule has 0 saturated carbocycles. The van der Waals surface area contributed by atoms with Gasteiger partial charge >= 0.3 is 0 Å². The van der Waals surface area contributed by atoms with E-state index in [0.717, 1.165) is 49.8 Å². The van der Waals surface area contributed by atoms with Crippen molar-refractivity contribution in [1.29, 1.82) is 0 Å². The van der Waals surface area contributed by atoms with Crippen LogP contribution in [0.15, 0.2) is 48.0 Å². The van der Waals surface area contributed by atoms with Crippen LogP contribution in [0.2, 0.25) is 0 Å². The summed E-state index contributed by atoms with van der Waals surface area (Å²) in [5.41, 5.74) is 1.61. The summed E-state index contributed by atoms with van der Waals surface area (Å²) in [6.07, 6.45) is 9.24. The topological polar surface area (TPSA) is 116 Å². The van der Waals surface area contributed by atoms with Gasteiger partial charge in [0, 0.05) is 31.7 Å². The first kappa shape index (κ1) is 22.1. The summed E-state index contributed by atoms with van der Waals surface area (Å²) >= 11 is 0. The van der Waals surface area contributed by atoms with Gasteiger partial charge in [0.1, 0.15) is 11.7 Å². The van der Waals surface area contributed by atoms with E-state index < -0.39 is 15.7 Å². The maximum Gasteiger partial charge on any atom is 0.233 e. The Morgan fingerprint density at radius 2 is 1.79 bits per heavy atom. The van der Waals surface area contributed by atoms with E-state index in [0.29, 0.717) is 11.0 Å². The molecule has 0 aliphatic carbocycles. The van der Waals surface area contributed by atoms with E-state index in [-0.39, 0.29) is 22.6 Å². The van der Waals surface area contributed by atoms with Crippen molar-refractivity contribution >= 4 is 26.8 Å². The Morgan fingerprint density at radius 3 is 2.47 bits per heavy atom. The Hall–Kier alpha value is -3.67. The SMILES string of the molecule is Cc1cnc(N2CCC(n3ncc4c(Oc5ccc(S(C)(=O)=O)cc5F)ncnc43)CC2)nc1. The summed E-state index contributed by atoms with van der Waals surface area (Å²) in [6.45, 7) is 3.51. The number of nitrogens with zero attached hydrogens (tertiary/aromatic N) is 7. The third-order valence-electron chi connectivity index (χ3n) is 5.75. The van der Waals surface area contributed by atoms with Crippen LogP contribution in [-0.2, 0) is 9.84 Å². The van der Waals surface area contributed by atoms with Gasteiger partial charge in [-0.25, -0.2) is 37.4 Å². The van der Waals surface area contributed by atoms with Crippen LogP contribution in [0.1, 0.15) is 24.4 Å². The van der Waals surface area contributed by atoms with Gasteiger partial charge in [-0.3, -0.25) is 0 Å². The number of fused-ring (bicyclic) bond motifs is 1. The number of halogens is 1. The second-order valence-electron chi connectivity index (χ2n) is 8.25. The molecule has 4 heterocycles. The number of rotatable bonds is 5. The third kappa shape index (κ3) is 4.28. The van der Waals surface area contributed by atoms with Gasteiger partial charge in [-0.05, 0) is 43.5 Å². The number of benzene rings is 1. The number of aryl methyl sites for hydroxylation is 1. The lowest BCUT2D eigenvalue weighted by Crippen LogP contribution is -2.36. The fourth-order valence-electron chi connectivity index (χ4n) is 3.95. The molecule has 3 aromatic heterocycles. The van der Waals surface area contributed by atoms with E-state index in [1.54, 1.807) is 6.20 Å². The first-order valence-corrected chi connectivity index (χ1v) is 12.6. The van der Waals surface area contributed by atoms with Crippen LogP contribution in [0.4, 0.5) is 10.3 Å². The molecule has 1 fully saturated rings. The lowest BCUT2D eigenvalue weighted by atomic mass is 10.1. The Bertz CT molecular complexity index is 1450. The summed E-state index contributed by atoms with van der Waals surface area (Å²) < 4.78 is 45.3. The van der Waals surface area contributed by atoms with Crippen LogP contribution in [0, 0.1) is 12.7 Å². The number of ether oxygens (including phenoxy) is 1. The minimum Gasteiger partial charge on any atom is -0.435 e. The highest BCUT2D eigenvalue weighted by molar-refractivity contribution is 7.90. The van der Waals surface area contributed by atoms with Crippen LogP contribution in [0.25, 0.3) is 11.0 Å². The van der Waals surface area contributed by atoms with Crippen molar-refractivity contribution in [3.05, 3.63) is 54.5 Å². The second-order valence-corrected chi connectivity index (χ2v) is 10.3. The van der Waals surface area contributed by atoms with E-state index in [4.69, 9.17) is 4.74 Å². The highest BCUT2D eigenvalue weighted by Gasteiger charge is 2.25. The molecule has 0 spiro atoms. The molecule has 34 heavy (non-hydrogen) atoms. The molecule has 176 valence electrons. The fraction of sp³-hybridized carbons (Fsp3) is 0.318. The van der Waals surface area contributed by atoms with Gasteiger partial charge in [0.25, 0.3) is 0 Å². The summed E-state index contributed by atoms with van der Waals surface area (Å²) in [4.78, 5) is 19.3. The molecule has 1 saturated heterocycles. The van der Waals surface area contributed by atoms with Gasteiger partial charge in [0.2, 0.25) is 11.8 Å². The van der Waals surface area contributed by atoms with Crippen LogP contribution in [-0.4, -0.2) is 57.5 Å².